The fourth-order valence-corrected chi connectivity index (χ4v) is 3.52. The van der Waals surface area contributed by atoms with Crippen LogP contribution < -0.4 is 15.0 Å². The summed E-state index contributed by atoms with van der Waals surface area (Å²) in [5.74, 6) is 0.805. The van der Waals surface area contributed by atoms with Crippen LogP contribution in [0.2, 0.25) is 0 Å². The van der Waals surface area contributed by atoms with Gasteiger partial charge in [0.05, 0.1) is 13.2 Å². The molecule has 148 valence electrons. The molecule has 0 radical (unpaired) electrons. The van der Waals surface area contributed by atoms with Crippen LogP contribution in [0, 0.1) is 0 Å². The van der Waals surface area contributed by atoms with E-state index in [4.69, 9.17) is 4.74 Å². The number of nitrogens with zero attached hydrogens (tertiary/aromatic N) is 2. The molecule has 0 aromatic heterocycles. The zero-order chi connectivity index (χ0) is 20.1. The molecule has 6 heteroatoms. The van der Waals surface area contributed by atoms with E-state index in [0.717, 1.165) is 30.0 Å². The lowest BCUT2D eigenvalue weighted by Crippen LogP contribution is -2.34. The number of methoxy groups -OCH3 is 1. The van der Waals surface area contributed by atoms with Gasteiger partial charge in [0.1, 0.15) is 5.75 Å². The van der Waals surface area contributed by atoms with Crippen molar-refractivity contribution >= 4 is 17.5 Å². The predicted octanol–water partition coefficient (Wildman–Crippen LogP) is 2.85. The molecule has 1 aliphatic rings. The van der Waals surface area contributed by atoms with E-state index in [0.29, 0.717) is 18.5 Å². The Balaban J connectivity index is 1.67. The Morgan fingerprint density at radius 3 is 2.50 bits per heavy atom. The molecule has 1 unspecified atom stereocenters. The smallest absolute Gasteiger partial charge is 0.251 e. The molecule has 1 atom stereocenters. The first-order chi connectivity index (χ1) is 13.5. The molecule has 2 aromatic carbocycles. The van der Waals surface area contributed by atoms with Crippen LogP contribution in [0.3, 0.4) is 0 Å². The zero-order valence-electron chi connectivity index (χ0n) is 16.6. The molecular formula is C22H27N3O3. The summed E-state index contributed by atoms with van der Waals surface area (Å²) in [4.78, 5) is 28.3. The van der Waals surface area contributed by atoms with Gasteiger partial charge in [0.2, 0.25) is 5.91 Å². The molecule has 0 spiro atoms. The summed E-state index contributed by atoms with van der Waals surface area (Å²) in [6, 6.07) is 15.0. The van der Waals surface area contributed by atoms with Crippen LogP contribution in [0.5, 0.6) is 5.75 Å². The number of hydrogen-bond acceptors (Lipinski definition) is 4. The number of nitrogens with one attached hydrogen (secondary N) is 1. The summed E-state index contributed by atoms with van der Waals surface area (Å²) >= 11 is 0. The third-order valence-corrected chi connectivity index (χ3v) is 5.09. The Morgan fingerprint density at radius 2 is 1.89 bits per heavy atom. The number of carbonyl (C=O) groups excluding carboxylic acids is 2. The number of likely N-dealkylation sites (N-methyl/N-ethyl adjacent to an activating group) is 1. The van der Waals surface area contributed by atoms with Crippen molar-refractivity contribution < 1.29 is 14.3 Å². The van der Waals surface area contributed by atoms with E-state index in [1.54, 1.807) is 24.1 Å². The highest BCUT2D eigenvalue weighted by Gasteiger charge is 2.22. The molecule has 6 nitrogen and oxygen atoms in total. The second-order valence-electron chi connectivity index (χ2n) is 7.13. The van der Waals surface area contributed by atoms with Crippen molar-refractivity contribution in [3.63, 3.8) is 0 Å². The minimum atomic E-state index is -0.138. The summed E-state index contributed by atoms with van der Waals surface area (Å²) in [6.07, 6.45) is 1.48. The second kappa shape index (κ2) is 8.89. The number of benzene rings is 2. The van der Waals surface area contributed by atoms with Crippen molar-refractivity contribution in [1.29, 1.82) is 0 Å². The minimum Gasteiger partial charge on any atom is -0.496 e. The molecule has 1 saturated heterocycles. The van der Waals surface area contributed by atoms with Crippen LogP contribution in [-0.2, 0) is 4.79 Å². The number of anilines is 1. The van der Waals surface area contributed by atoms with Crippen LogP contribution in [-0.4, -0.2) is 51.0 Å². The van der Waals surface area contributed by atoms with Crippen LogP contribution >= 0.6 is 0 Å². The van der Waals surface area contributed by atoms with Gasteiger partial charge in [-0.25, -0.2) is 0 Å². The average molecular weight is 381 g/mol. The van der Waals surface area contributed by atoms with Gasteiger partial charge >= 0.3 is 0 Å². The van der Waals surface area contributed by atoms with E-state index >= 15 is 0 Å². The first kappa shape index (κ1) is 19.9. The molecular weight excluding hydrogens is 354 g/mol. The maximum atomic E-state index is 12.6. The van der Waals surface area contributed by atoms with Crippen LogP contribution in [0.4, 0.5) is 5.69 Å². The molecule has 0 aliphatic carbocycles. The van der Waals surface area contributed by atoms with E-state index in [1.165, 1.54) is 0 Å². The third kappa shape index (κ3) is 4.34. The van der Waals surface area contributed by atoms with Crippen molar-refractivity contribution in [2.24, 2.45) is 0 Å². The molecule has 1 fully saturated rings. The van der Waals surface area contributed by atoms with E-state index in [1.807, 2.05) is 50.5 Å². The highest BCUT2D eigenvalue weighted by Crippen LogP contribution is 2.27. The van der Waals surface area contributed by atoms with E-state index in [-0.39, 0.29) is 17.9 Å². The number of amides is 2. The molecule has 3 rings (SSSR count). The Bertz CT molecular complexity index is 833. The summed E-state index contributed by atoms with van der Waals surface area (Å²) in [5, 5.41) is 3.01. The first-order valence-corrected chi connectivity index (χ1v) is 9.49. The molecule has 1 aliphatic heterocycles. The van der Waals surface area contributed by atoms with Crippen molar-refractivity contribution in [3.8, 4) is 5.75 Å². The standard InChI is InChI=1S/C22H27N3O3/c1-24(2)19(18-7-4-5-8-20(18)28-3)15-23-22(27)16-10-12-17(13-11-16)25-14-6-9-21(25)26/h4-5,7-8,10-13,19H,6,9,14-15H2,1-3H3,(H,23,27). The van der Waals surface area contributed by atoms with Crippen molar-refractivity contribution in [2.75, 3.05) is 39.2 Å². The maximum Gasteiger partial charge on any atom is 0.251 e. The van der Waals surface area contributed by atoms with Gasteiger partial charge in [-0.2, -0.15) is 0 Å². The van der Waals surface area contributed by atoms with Crippen LogP contribution in [0.25, 0.3) is 0 Å². The number of para-hydroxylation sites is 1. The van der Waals surface area contributed by atoms with E-state index in [2.05, 4.69) is 10.2 Å². The zero-order valence-corrected chi connectivity index (χ0v) is 16.6. The average Bonchev–Trinajstić information content (AvgIpc) is 3.14. The van der Waals surface area contributed by atoms with Gasteiger partial charge in [-0.3, -0.25) is 9.59 Å². The topological polar surface area (TPSA) is 61.9 Å². The minimum absolute atomic E-state index is 0.0124. The lowest BCUT2D eigenvalue weighted by Gasteiger charge is -2.26. The quantitative estimate of drug-likeness (QED) is 0.801. The predicted molar refractivity (Wildman–Crippen MR) is 110 cm³/mol. The van der Waals surface area contributed by atoms with E-state index in [9.17, 15) is 9.59 Å². The molecule has 0 saturated carbocycles. The largest absolute Gasteiger partial charge is 0.496 e. The fourth-order valence-electron chi connectivity index (χ4n) is 3.52. The Labute approximate surface area is 166 Å². The number of ether oxygens (including phenoxy) is 1. The molecule has 2 aromatic rings. The van der Waals surface area contributed by atoms with Gasteiger partial charge < -0.3 is 19.9 Å². The van der Waals surface area contributed by atoms with Crippen LogP contribution in [0.1, 0.15) is 34.8 Å². The molecule has 28 heavy (non-hydrogen) atoms. The van der Waals surface area contributed by atoms with Crippen molar-refractivity contribution in [1.82, 2.24) is 10.2 Å². The molecule has 1 N–H and O–H groups in total. The summed E-state index contributed by atoms with van der Waals surface area (Å²) in [5.41, 5.74) is 2.45. The van der Waals surface area contributed by atoms with Gasteiger partial charge in [0.15, 0.2) is 0 Å². The van der Waals surface area contributed by atoms with Crippen molar-refractivity contribution in [3.05, 3.63) is 59.7 Å². The van der Waals surface area contributed by atoms with Crippen molar-refractivity contribution in [2.45, 2.75) is 18.9 Å². The van der Waals surface area contributed by atoms with Gasteiger partial charge in [-0.15, -0.1) is 0 Å². The Kier molecular flexibility index (Phi) is 6.31. The summed E-state index contributed by atoms with van der Waals surface area (Å²) < 4.78 is 5.47. The number of carbonyl (C=O) groups is 2. The monoisotopic (exact) mass is 381 g/mol. The third-order valence-electron chi connectivity index (χ3n) is 5.09. The highest BCUT2D eigenvalue weighted by atomic mass is 16.5. The molecule has 2 amide bonds. The van der Waals surface area contributed by atoms with Gasteiger partial charge in [0, 0.05) is 36.3 Å². The highest BCUT2D eigenvalue weighted by molar-refractivity contribution is 5.97. The SMILES string of the molecule is COc1ccccc1C(CNC(=O)c1ccc(N2CCCC2=O)cc1)N(C)C. The van der Waals surface area contributed by atoms with Gasteiger partial charge in [-0.1, -0.05) is 18.2 Å². The Hall–Kier alpha value is -2.86. The normalized spacial score (nSPS) is 15.0. The number of rotatable bonds is 7. The second-order valence-corrected chi connectivity index (χ2v) is 7.13. The van der Waals surface area contributed by atoms with Crippen LogP contribution in [0.15, 0.2) is 48.5 Å². The lowest BCUT2D eigenvalue weighted by molar-refractivity contribution is -0.117. The molecule has 0 bridgehead atoms. The van der Waals surface area contributed by atoms with Gasteiger partial charge in [-0.05, 0) is 50.8 Å². The fraction of sp³-hybridized carbons (Fsp3) is 0.364. The summed E-state index contributed by atoms with van der Waals surface area (Å²) in [6.45, 7) is 1.20. The van der Waals surface area contributed by atoms with E-state index < -0.39 is 0 Å². The summed E-state index contributed by atoms with van der Waals surface area (Å²) in [7, 11) is 5.60. The number of hydrogen-bond donors (Lipinski definition) is 1. The van der Waals surface area contributed by atoms with Gasteiger partial charge in [0.25, 0.3) is 5.91 Å². The first-order valence-electron chi connectivity index (χ1n) is 9.49. The lowest BCUT2D eigenvalue weighted by atomic mass is 10.0. The maximum absolute atomic E-state index is 12.6. The molecule has 1 heterocycles. The Morgan fingerprint density at radius 1 is 1.18 bits per heavy atom.